The van der Waals surface area contributed by atoms with Crippen LogP contribution in [0.3, 0.4) is 0 Å². The van der Waals surface area contributed by atoms with E-state index in [4.69, 9.17) is 4.74 Å². The number of nitrogens with one attached hydrogen (secondary N) is 2. The van der Waals surface area contributed by atoms with Crippen LogP contribution in [0, 0.1) is 0 Å². The molecule has 29 heavy (non-hydrogen) atoms. The van der Waals surface area contributed by atoms with Crippen LogP contribution in [0.2, 0.25) is 0 Å². The predicted molar refractivity (Wildman–Crippen MR) is 106 cm³/mol. The zero-order valence-electron chi connectivity index (χ0n) is 16.6. The van der Waals surface area contributed by atoms with E-state index in [1.807, 2.05) is 0 Å². The summed E-state index contributed by atoms with van der Waals surface area (Å²) in [6, 6.07) is 4.97. The lowest BCUT2D eigenvalue weighted by Crippen LogP contribution is -2.17. The Bertz CT molecular complexity index is 1070. The molecule has 0 aromatic carbocycles. The minimum Gasteiger partial charge on any atom is -0.461 e. The molecule has 152 valence electrons. The van der Waals surface area contributed by atoms with Crippen molar-refractivity contribution in [2.24, 2.45) is 21.1 Å². The summed E-state index contributed by atoms with van der Waals surface area (Å²) in [6.07, 6.45) is 4.91. The summed E-state index contributed by atoms with van der Waals surface area (Å²) < 4.78 is 9.73. The highest BCUT2D eigenvalue weighted by molar-refractivity contribution is 6.05. The summed E-state index contributed by atoms with van der Waals surface area (Å²) in [5.74, 6) is -0.923. The second kappa shape index (κ2) is 8.05. The Labute approximate surface area is 167 Å². The summed E-state index contributed by atoms with van der Waals surface area (Å²) in [5.41, 5.74) is 1.22. The van der Waals surface area contributed by atoms with Gasteiger partial charge in [0, 0.05) is 39.7 Å². The van der Waals surface area contributed by atoms with E-state index >= 15 is 0 Å². The van der Waals surface area contributed by atoms with Crippen molar-refractivity contribution < 1.29 is 19.1 Å². The smallest absolute Gasteiger partial charge is 0.355 e. The molecule has 0 aliphatic rings. The van der Waals surface area contributed by atoms with E-state index < -0.39 is 11.9 Å². The van der Waals surface area contributed by atoms with E-state index in [0.717, 1.165) is 0 Å². The molecule has 0 radical (unpaired) electrons. The zero-order valence-corrected chi connectivity index (χ0v) is 16.6. The van der Waals surface area contributed by atoms with Gasteiger partial charge < -0.3 is 29.1 Å². The Morgan fingerprint density at radius 2 is 1.76 bits per heavy atom. The van der Waals surface area contributed by atoms with Crippen molar-refractivity contribution in [2.75, 3.05) is 17.2 Å². The molecule has 3 aromatic rings. The van der Waals surface area contributed by atoms with Crippen LogP contribution < -0.4 is 10.6 Å². The molecule has 10 nitrogen and oxygen atoms in total. The van der Waals surface area contributed by atoms with Crippen LogP contribution in [0.4, 0.5) is 11.5 Å². The maximum atomic E-state index is 12.6. The number of carbonyl (C=O) groups excluding carboxylic acids is 3. The first kappa shape index (κ1) is 19.9. The van der Waals surface area contributed by atoms with Gasteiger partial charge in [-0.1, -0.05) is 0 Å². The molecule has 0 saturated heterocycles. The lowest BCUT2D eigenvalue weighted by Gasteiger charge is -2.03. The summed E-state index contributed by atoms with van der Waals surface area (Å²) >= 11 is 0. The Morgan fingerprint density at radius 1 is 1.00 bits per heavy atom. The van der Waals surface area contributed by atoms with Crippen LogP contribution >= 0.6 is 0 Å². The molecule has 10 heteroatoms. The van der Waals surface area contributed by atoms with Crippen LogP contribution in [-0.4, -0.2) is 43.1 Å². The molecular weight excluding hydrogens is 376 g/mol. The Hall–Kier alpha value is -3.82. The standard InChI is InChI=1S/C19H22N6O4/c1-5-29-19(28)14-9-12(10-24(14)3)20-18(27)16-21-15(11-25(16)4)22-17(26)13-7-6-8-23(13)2/h6-11H,5H2,1-4H3,(H,20,27)(H,22,26). The first-order valence-corrected chi connectivity index (χ1v) is 8.91. The number of imidazole rings is 1. The Morgan fingerprint density at radius 3 is 2.41 bits per heavy atom. The number of anilines is 2. The number of aryl methyl sites for hydroxylation is 3. The second-order valence-corrected chi connectivity index (χ2v) is 6.42. The predicted octanol–water partition coefficient (Wildman–Crippen LogP) is 1.78. The molecule has 0 fully saturated rings. The van der Waals surface area contributed by atoms with Crippen molar-refractivity contribution in [3.63, 3.8) is 0 Å². The number of amides is 2. The number of rotatable bonds is 6. The number of hydrogen-bond acceptors (Lipinski definition) is 5. The van der Waals surface area contributed by atoms with Gasteiger partial charge in [0.1, 0.15) is 11.4 Å². The minimum atomic E-state index is -0.479. The number of hydrogen-bond donors (Lipinski definition) is 2. The summed E-state index contributed by atoms with van der Waals surface area (Å²) in [6.45, 7) is 1.98. The van der Waals surface area contributed by atoms with Crippen LogP contribution in [0.5, 0.6) is 0 Å². The number of carbonyl (C=O) groups is 3. The average molecular weight is 398 g/mol. The van der Waals surface area contributed by atoms with Gasteiger partial charge in [0.2, 0.25) is 5.82 Å². The van der Waals surface area contributed by atoms with Crippen molar-refractivity contribution in [3.05, 3.63) is 54.0 Å². The molecule has 0 bridgehead atoms. The molecular formula is C19H22N6O4. The van der Waals surface area contributed by atoms with Gasteiger partial charge in [0.25, 0.3) is 11.8 Å². The van der Waals surface area contributed by atoms with Gasteiger partial charge in [-0.15, -0.1) is 0 Å². The molecule has 3 aromatic heterocycles. The highest BCUT2D eigenvalue weighted by atomic mass is 16.5. The van der Waals surface area contributed by atoms with E-state index in [0.29, 0.717) is 17.1 Å². The van der Waals surface area contributed by atoms with Crippen LogP contribution in [0.1, 0.15) is 38.5 Å². The molecule has 0 aliphatic heterocycles. The number of aromatic nitrogens is 4. The number of nitrogens with zero attached hydrogens (tertiary/aromatic N) is 4. The van der Waals surface area contributed by atoms with Crippen molar-refractivity contribution in [1.29, 1.82) is 0 Å². The Kier molecular flexibility index (Phi) is 5.53. The molecule has 0 aliphatic carbocycles. The molecule has 3 rings (SSSR count). The Balaban J connectivity index is 1.72. The maximum Gasteiger partial charge on any atom is 0.355 e. The molecule has 0 saturated carbocycles. The van der Waals surface area contributed by atoms with Crippen LogP contribution in [0.25, 0.3) is 0 Å². The first-order valence-electron chi connectivity index (χ1n) is 8.91. The third-order valence-electron chi connectivity index (χ3n) is 4.24. The second-order valence-electron chi connectivity index (χ2n) is 6.42. The van der Waals surface area contributed by atoms with Crippen molar-refractivity contribution >= 4 is 29.3 Å². The average Bonchev–Trinajstić information content (AvgIpc) is 3.34. The largest absolute Gasteiger partial charge is 0.461 e. The lowest BCUT2D eigenvalue weighted by atomic mass is 10.4. The van der Waals surface area contributed by atoms with Gasteiger partial charge in [0.05, 0.1) is 12.3 Å². The number of ether oxygens (including phenoxy) is 1. The first-order chi connectivity index (χ1) is 13.8. The topological polar surface area (TPSA) is 112 Å². The molecule has 2 N–H and O–H groups in total. The fourth-order valence-corrected chi connectivity index (χ4v) is 2.84. The van der Waals surface area contributed by atoms with Gasteiger partial charge in [-0.05, 0) is 25.1 Å². The molecule has 0 spiro atoms. The van der Waals surface area contributed by atoms with Gasteiger partial charge in [-0.25, -0.2) is 9.78 Å². The van der Waals surface area contributed by atoms with E-state index in [2.05, 4.69) is 15.6 Å². The monoisotopic (exact) mass is 398 g/mol. The van der Waals surface area contributed by atoms with Crippen LogP contribution in [0.15, 0.2) is 36.8 Å². The third kappa shape index (κ3) is 4.21. The molecule has 2 amide bonds. The normalized spacial score (nSPS) is 10.6. The third-order valence-corrected chi connectivity index (χ3v) is 4.24. The molecule has 3 heterocycles. The fraction of sp³-hybridized carbons (Fsp3) is 0.263. The van der Waals surface area contributed by atoms with E-state index in [-0.39, 0.29) is 24.2 Å². The highest BCUT2D eigenvalue weighted by Crippen LogP contribution is 2.16. The molecule has 0 unspecified atom stereocenters. The van der Waals surface area contributed by atoms with E-state index in [9.17, 15) is 14.4 Å². The maximum absolute atomic E-state index is 12.6. The SMILES string of the molecule is CCOC(=O)c1cc(NC(=O)c2nc(NC(=O)c3cccn3C)cn2C)cn1C. The molecule has 0 atom stereocenters. The number of esters is 1. The summed E-state index contributed by atoms with van der Waals surface area (Å²) in [5, 5.41) is 5.36. The quantitative estimate of drug-likeness (QED) is 0.615. The van der Waals surface area contributed by atoms with E-state index in [1.165, 1.54) is 10.6 Å². The van der Waals surface area contributed by atoms with Gasteiger partial charge in [-0.2, -0.15) is 0 Å². The van der Waals surface area contributed by atoms with Gasteiger partial charge in [-0.3, -0.25) is 9.59 Å². The van der Waals surface area contributed by atoms with Crippen molar-refractivity contribution in [1.82, 2.24) is 18.7 Å². The lowest BCUT2D eigenvalue weighted by molar-refractivity contribution is 0.0515. The van der Waals surface area contributed by atoms with Crippen molar-refractivity contribution in [2.45, 2.75) is 6.92 Å². The van der Waals surface area contributed by atoms with Gasteiger partial charge in [0.15, 0.2) is 5.82 Å². The van der Waals surface area contributed by atoms with Crippen LogP contribution in [-0.2, 0) is 25.9 Å². The van der Waals surface area contributed by atoms with Gasteiger partial charge >= 0.3 is 5.97 Å². The van der Waals surface area contributed by atoms with E-state index in [1.54, 1.807) is 67.9 Å². The van der Waals surface area contributed by atoms with Crippen molar-refractivity contribution in [3.8, 4) is 0 Å². The zero-order chi connectivity index (χ0) is 21.1. The summed E-state index contributed by atoms with van der Waals surface area (Å²) in [7, 11) is 5.09. The minimum absolute atomic E-state index is 0.105. The summed E-state index contributed by atoms with van der Waals surface area (Å²) in [4.78, 5) is 41.0. The fourth-order valence-electron chi connectivity index (χ4n) is 2.84. The highest BCUT2D eigenvalue weighted by Gasteiger charge is 2.19.